The van der Waals surface area contributed by atoms with Gasteiger partial charge in [0.2, 0.25) is 11.8 Å². The molecular formula is C14H17F3N6O. The van der Waals surface area contributed by atoms with Crippen LogP contribution in [-0.4, -0.2) is 45.1 Å². The topological polar surface area (TPSA) is 69.0 Å². The predicted octanol–water partition coefficient (Wildman–Crippen LogP) is 2.15. The smallest absolute Gasteiger partial charge is 0.398 e. The summed E-state index contributed by atoms with van der Waals surface area (Å²) in [6, 6.07) is 1.62. The number of halogens is 3. The van der Waals surface area contributed by atoms with Crippen LogP contribution in [0.5, 0.6) is 5.88 Å². The van der Waals surface area contributed by atoms with E-state index in [2.05, 4.69) is 20.2 Å². The van der Waals surface area contributed by atoms with E-state index in [0.717, 1.165) is 0 Å². The van der Waals surface area contributed by atoms with Gasteiger partial charge in [0.1, 0.15) is 11.7 Å². The fraction of sp³-hybridized carbons (Fsp3) is 0.571. The van der Waals surface area contributed by atoms with Crippen LogP contribution in [0.4, 0.5) is 19.1 Å². The van der Waals surface area contributed by atoms with Gasteiger partial charge in [-0.05, 0) is 12.8 Å². The second-order valence-corrected chi connectivity index (χ2v) is 5.62. The van der Waals surface area contributed by atoms with Crippen molar-refractivity contribution in [2.75, 3.05) is 19.1 Å². The molecule has 1 aliphatic heterocycles. The van der Waals surface area contributed by atoms with E-state index in [1.54, 1.807) is 28.8 Å². The molecule has 0 aliphatic carbocycles. The Bertz CT molecular complexity index is 717. The normalized spacial score (nSPS) is 17.5. The highest BCUT2D eigenvalue weighted by molar-refractivity contribution is 5.31. The highest BCUT2D eigenvalue weighted by Gasteiger charge is 2.45. The van der Waals surface area contributed by atoms with Crippen LogP contribution in [0, 0.1) is 0 Å². The van der Waals surface area contributed by atoms with Gasteiger partial charge in [0.25, 0.3) is 0 Å². The maximum atomic E-state index is 13.1. The van der Waals surface area contributed by atoms with Gasteiger partial charge in [-0.3, -0.25) is 0 Å². The largest absolute Gasteiger partial charge is 0.481 e. The third kappa shape index (κ3) is 3.13. The van der Waals surface area contributed by atoms with Gasteiger partial charge in [-0.2, -0.15) is 18.2 Å². The number of alkyl halides is 3. The number of rotatable bonds is 4. The van der Waals surface area contributed by atoms with Crippen molar-refractivity contribution in [2.45, 2.75) is 38.0 Å². The van der Waals surface area contributed by atoms with Crippen LogP contribution in [-0.2, 0) is 13.1 Å². The molecule has 0 amide bonds. The Labute approximate surface area is 136 Å². The zero-order chi connectivity index (χ0) is 17.3. The van der Waals surface area contributed by atoms with Crippen LogP contribution in [0.3, 0.4) is 0 Å². The van der Waals surface area contributed by atoms with Crippen molar-refractivity contribution < 1.29 is 17.9 Å². The zero-order valence-corrected chi connectivity index (χ0v) is 13.3. The van der Waals surface area contributed by atoms with E-state index >= 15 is 0 Å². The highest BCUT2D eigenvalue weighted by Crippen LogP contribution is 2.40. The van der Waals surface area contributed by atoms with Crippen molar-refractivity contribution >= 4 is 5.95 Å². The average molecular weight is 342 g/mol. The molecule has 0 spiro atoms. The Kier molecular flexibility index (Phi) is 4.29. The first-order valence-electron chi connectivity index (χ1n) is 7.47. The number of fused-ring (bicyclic) bond motifs is 1. The summed E-state index contributed by atoms with van der Waals surface area (Å²) in [4.78, 5) is 10.0. The van der Waals surface area contributed by atoms with Crippen LogP contribution in [0.1, 0.15) is 30.4 Å². The monoisotopic (exact) mass is 342 g/mol. The Morgan fingerprint density at radius 1 is 1.38 bits per heavy atom. The maximum absolute atomic E-state index is 13.1. The molecule has 7 nitrogen and oxygen atoms in total. The molecule has 1 unspecified atom stereocenters. The summed E-state index contributed by atoms with van der Waals surface area (Å²) >= 11 is 0. The summed E-state index contributed by atoms with van der Waals surface area (Å²) in [5.74, 6) is -0.287. The molecular weight excluding hydrogens is 325 g/mol. The molecule has 0 saturated heterocycles. The molecule has 0 saturated carbocycles. The number of hydrogen-bond donors (Lipinski definition) is 0. The minimum absolute atomic E-state index is 0.0105. The maximum Gasteiger partial charge on any atom is 0.398 e. The first-order valence-corrected chi connectivity index (χ1v) is 7.47. The van der Waals surface area contributed by atoms with Crippen molar-refractivity contribution in [2.24, 2.45) is 0 Å². The average Bonchev–Trinajstić information content (AvgIpc) is 2.97. The molecule has 2 aromatic rings. The number of methoxy groups -OCH3 is 1. The third-order valence-electron chi connectivity index (χ3n) is 3.98. The van der Waals surface area contributed by atoms with Gasteiger partial charge < -0.3 is 14.2 Å². The van der Waals surface area contributed by atoms with Gasteiger partial charge in [0.15, 0.2) is 5.82 Å². The number of aromatic nitrogens is 5. The van der Waals surface area contributed by atoms with E-state index in [4.69, 9.17) is 4.74 Å². The quantitative estimate of drug-likeness (QED) is 0.848. The second-order valence-electron chi connectivity index (χ2n) is 5.62. The fourth-order valence-electron chi connectivity index (χ4n) is 2.77. The molecule has 0 fully saturated rings. The Morgan fingerprint density at radius 3 is 2.88 bits per heavy atom. The lowest BCUT2D eigenvalue weighted by Gasteiger charge is -2.26. The molecule has 130 valence electrons. The summed E-state index contributed by atoms with van der Waals surface area (Å²) in [6.07, 6.45) is -2.25. The summed E-state index contributed by atoms with van der Waals surface area (Å²) in [7, 11) is 3.23. The minimum atomic E-state index is -4.30. The first kappa shape index (κ1) is 16.5. The van der Waals surface area contributed by atoms with Gasteiger partial charge in [-0.15, -0.1) is 10.2 Å². The lowest BCUT2D eigenvalue weighted by molar-refractivity contribution is -0.156. The number of ether oxygens (including phenoxy) is 1. The molecule has 2 aromatic heterocycles. The molecule has 0 bridgehead atoms. The summed E-state index contributed by atoms with van der Waals surface area (Å²) < 4.78 is 45.9. The predicted molar refractivity (Wildman–Crippen MR) is 78.7 cm³/mol. The van der Waals surface area contributed by atoms with Crippen molar-refractivity contribution in [1.29, 1.82) is 0 Å². The van der Waals surface area contributed by atoms with Crippen molar-refractivity contribution in [3.05, 3.63) is 23.9 Å². The summed E-state index contributed by atoms with van der Waals surface area (Å²) in [5.41, 5.74) is 0. The highest BCUT2D eigenvalue weighted by atomic mass is 19.4. The fourth-order valence-corrected chi connectivity index (χ4v) is 2.77. The Balaban J connectivity index is 1.83. The molecule has 3 rings (SSSR count). The molecule has 0 N–H and O–H groups in total. The van der Waals surface area contributed by atoms with Gasteiger partial charge >= 0.3 is 6.18 Å². The van der Waals surface area contributed by atoms with Crippen molar-refractivity contribution in [3.63, 3.8) is 0 Å². The van der Waals surface area contributed by atoms with Crippen LogP contribution < -0.4 is 9.64 Å². The molecule has 10 heteroatoms. The lowest BCUT2D eigenvalue weighted by Crippen LogP contribution is -2.29. The first-order chi connectivity index (χ1) is 11.4. The number of hydrogen-bond acceptors (Lipinski definition) is 6. The zero-order valence-electron chi connectivity index (χ0n) is 13.3. The van der Waals surface area contributed by atoms with Crippen LogP contribution in [0.15, 0.2) is 12.3 Å². The molecule has 0 aromatic carbocycles. The van der Waals surface area contributed by atoms with Crippen molar-refractivity contribution in [1.82, 2.24) is 24.7 Å². The summed E-state index contributed by atoms with van der Waals surface area (Å²) in [6.45, 7) is 0.738. The van der Waals surface area contributed by atoms with E-state index in [9.17, 15) is 13.2 Å². The summed E-state index contributed by atoms with van der Waals surface area (Å²) in [5, 5.41) is 7.74. The van der Waals surface area contributed by atoms with E-state index in [1.165, 1.54) is 7.11 Å². The molecule has 24 heavy (non-hydrogen) atoms. The molecule has 3 heterocycles. The Morgan fingerprint density at radius 2 is 2.17 bits per heavy atom. The van der Waals surface area contributed by atoms with Gasteiger partial charge in [0, 0.05) is 25.9 Å². The molecule has 1 atom stereocenters. The SMILES string of the molecule is COc1ccnc(N(C)Cc2nnc3n2CCCC3C(F)(F)F)n1. The number of nitrogens with zero attached hydrogens (tertiary/aromatic N) is 6. The van der Waals surface area contributed by atoms with Gasteiger partial charge in [-0.25, -0.2) is 4.98 Å². The van der Waals surface area contributed by atoms with E-state index < -0.39 is 12.1 Å². The van der Waals surface area contributed by atoms with Crippen LogP contribution in [0.25, 0.3) is 0 Å². The van der Waals surface area contributed by atoms with Crippen LogP contribution >= 0.6 is 0 Å². The van der Waals surface area contributed by atoms with Crippen molar-refractivity contribution in [3.8, 4) is 5.88 Å². The third-order valence-corrected chi connectivity index (χ3v) is 3.98. The second kappa shape index (κ2) is 6.25. The lowest BCUT2D eigenvalue weighted by atomic mass is 9.98. The molecule has 1 aliphatic rings. The minimum Gasteiger partial charge on any atom is -0.481 e. The van der Waals surface area contributed by atoms with E-state index in [1.807, 2.05) is 0 Å². The standard InChI is InChI=1S/C14H17F3N6O/c1-22(13-18-6-5-11(19-13)24-2)8-10-20-21-12-9(14(15,16)17)4-3-7-23(10)12/h5-6,9H,3-4,7-8H2,1-2H3. The van der Waals surface area contributed by atoms with Crippen LogP contribution in [0.2, 0.25) is 0 Å². The van der Waals surface area contributed by atoms with Gasteiger partial charge in [0.05, 0.1) is 13.7 Å². The van der Waals surface area contributed by atoms with E-state index in [0.29, 0.717) is 30.6 Å². The van der Waals surface area contributed by atoms with Gasteiger partial charge in [-0.1, -0.05) is 0 Å². The van der Waals surface area contributed by atoms with E-state index in [-0.39, 0.29) is 18.8 Å². The molecule has 0 radical (unpaired) electrons. The number of anilines is 1. The Hall–Kier alpha value is -2.39.